The molecule has 190 valence electrons. The first-order valence-corrected chi connectivity index (χ1v) is 12.7. The fourth-order valence-electron chi connectivity index (χ4n) is 5.24. The van der Waals surface area contributed by atoms with Crippen LogP contribution in [-0.4, -0.2) is 28.7 Å². The first-order chi connectivity index (χ1) is 17.8. The molecule has 0 amide bonds. The van der Waals surface area contributed by atoms with E-state index in [0.717, 1.165) is 0 Å². The minimum absolute atomic E-state index is 0.407. The molecule has 1 saturated heterocycles. The van der Waals surface area contributed by atoms with Gasteiger partial charge in [-0.2, -0.15) is 0 Å². The molecule has 0 bridgehead atoms. The van der Waals surface area contributed by atoms with Crippen molar-refractivity contribution < 1.29 is 19.7 Å². The Kier molecular flexibility index (Phi) is 6.78. The van der Waals surface area contributed by atoms with E-state index in [1.165, 1.54) is 0 Å². The first-order valence-electron chi connectivity index (χ1n) is 12.7. The van der Waals surface area contributed by atoms with E-state index in [1.807, 2.05) is 142 Å². The summed E-state index contributed by atoms with van der Waals surface area (Å²) < 4.78 is 13.3. The third kappa shape index (κ3) is 4.51. The highest BCUT2D eigenvalue weighted by molar-refractivity contribution is 5.43. The Morgan fingerprint density at radius 3 is 0.919 bits per heavy atom. The molecule has 1 heterocycles. The van der Waals surface area contributed by atoms with Crippen LogP contribution in [0.5, 0.6) is 0 Å². The SMILES string of the molecule is CC(C)(C)C1O[C@@H](C(O)(c2ccccc2)c2ccccc2)[C@H](C(O)(c2ccccc2)c2ccccc2)O1. The predicted molar refractivity (Wildman–Crippen MR) is 145 cm³/mol. The van der Waals surface area contributed by atoms with Crippen LogP contribution in [0.3, 0.4) is 0 Å². The van der Waals surface area contributed by atoms with E-state index in [0.29, 0.717) is 22.3 Å². The Labute approximate surface area is 219 Å². The molecule has 4 aromatic rings. The average Bonchev–Trinajstić information content (AvgIpc) is 3.42. The largest absolute Gasteiger partial charge is 0.378 e. The van der Waals surface area contributed by atoms with Gasteiger partial charge in [0.05, 0.1) is 0 Å². The fourth-order valence-corrected chi connectivity index (χ4v) is 5.24. The normalized spacial score (nSPS) is 19.2. The minimum atomic E-state index is -1.61. The van der Waals surface area contributed by atoms with Gasteiger partial charge in [0.2, 0.25) is 0 Å². The highest BCUT2D eigenvalue weighted by atomic mass is 16.7. The van der Waals surface area contributed by atoms with E-state index in [9.17, 15) is 10.2 Å². The fraction of sp³-hybridized carbons (Fsp3) is 0.273. The second kappa shape index (κ2) is 9.88. The second-order valence-electron chi connectivity index (χ2n) is 10.8. The highest BCUT2D eigenvalue weighted by Crippen LogP contribution is 2.50. The van der Waals surface area contributed by atoms with Gasteiger partial charge in [-0.1, -0.05) is 142 Å². The molecule has 0 radical (unpaired) electrons. The van der Waals surface area contributed by atoms with Gasteiger partial charge in [-0.3, -0.25) is 0 Å². The van der Waals surface area contributed by atoms with Crippen molar-refractivity contribution in [1.29, 1.82) is 0 Å². The Bertz CT molecular complexity index is 1110. The Morgan fingerprint density at radius 2 is 0.703 bits per heavy atom. The molecule has 2 atom stereocenters. The molecule has 0 spiro atoms. The lowest BCUT2D eigenvalue weighted by atomic mass is 9.72. The van der Waals surface area contributed by atoms with Crippen LogP contribution in [0.1, 0.15) is 43.0 Å². The van der Waals surface area contributed by atoms with E-state index in [4.69, 9.17) is 9.47 Å². The maximum absolute atomic E-state index is 12.7. The topological polar surface area (TPSA) is 58.9 Å². The number of rotatable bonds is 6. The molecule has 37 heavy (non-hydrogen) atoms. The summed E-state index contributed by atoms with van der Waals surface area (Å²) in [6.45, 7) is 6.10. The molecule has 5 rings (SSSR count). The van der Waals surface area contributed by atoms with Gasteiger partial charge in [0.25, 0.3) is 0 Å². The smallest absolute Gasteiger partial charge is 0.163 e. The van der Waals surface area contributed by atoms with E-state index in [1.54, 1.807) is 0 Å². The van der Waals surface area contributed by atoms with Crippen molar-refractivity contribution in [2.75, 3.05) is 0 Å². The van der Waals surface area contributed by atoms with Crippen LogP contribution in [0.25, 0.3) is 0 Å². The number of benzene rings is 4. The van der Waals surface area contributed by atoms with Crippen LogP contribution in [0.2, 0.25) is 0 Å². The van der Waals surface area contributed by atoms with Crippen LogP contribution in [0.4, 0.5) is 0 Å². The molecule has 1 aliphatic heterocycles. The van der Waals surface area contributed by atoms with Crippen molar-refractivity contribution in [3.8, 4) is 0 Å². The molecule has 0 aliphatic carbocycles. The van der Waals surface area contributed by atoms with Crippen LogP contribution in [0.15, 0.2) is 121 Å². The van der Waals surface area contributed by atoms with Crippen LogP contribution in [0, 0.1) is 5.41 Å². The average molecular weight is 495 g/mol. The lowest BCUT2D eigenvalue weighted by Gasteiger charge is -2.42. The van der Waals surface area contributed by atoms with Gasteiger partial charge in [-0.25, -0.2) is 0 Å². The van der Waals surface area contributed by atoms with E-state index in [-0.39, 0.29) is 0 Å². The summed E-state index contributed by atoms with van der Waals surface area (Å²) in [5.74, 6) is 0. The Morgan fingerprint density at radius 1 is 0.459 bits per heavy atom. The van der Waals surface area contributed by atoms with Crippen molar-refractivity contribution >= 4 is 0 Å². The molecular weight excluding hydrogens is 460 g/mol. The van der Waals surface area contributed by atoms with E-state index < -0.39 is 35.1 Å². The highest BCUT2D eigenvalue weighted by Gasteiger charge is 2.60. The van der Waals surface area contributed by atoms with Crippen molar-refractivity contribution in [3.05, 3.63) is 144 Å². The summed E-state index contributed by atoms with van der Waals surface area (Å²) in [5.41, 5.74) is -0.961. The molecule has 1 aliphatic rings. The third-order valence-corrected chi connectivity index (χ3v) is 7.20. The number of ether oxygens (including phenoxy) is 2. The van der Waals surface area contributed by atoms with E-state index >= 15 is 0 Å². The number of hydrogen-bond acceptors (Lipinski definition) is 4. The number of aliphatic hydroxyl groups is 2. The second-order valence-corrected chi connectivity index (χ2v) is 10.8. The third-order valence-electron chi connectivity index (χ3n) is 7.20. The number of hydrogen-bond donors (Lipinski definition) is 2. The van der Waals surface area contributed by atoms with Crippen LogP contribution >= 0.6 is 0 Å². The van der Waals surface area contributed by atoms with Crippen LogP contribution < -0.4 is 0 Å². The zero-order valence-corrected chi connectivity index (χ0v) is 21.5. The Balaban J connectivity index is 1.77. The lowest BCUT2D eigenvalue weighted by molar-refractivity contribution is -0.157. The zero-order chi connectivity index (χ0) is 26.1. The van der Waals surface area contributed by atoms with Gasteiger partial charge in [0, 0.05) is 5.41 Å². The molecular formula is C33H34O4. The molecule has 0 saturated carbocycles. The van der Waals surface area contributed by atoms with Gasteiger partial charge in [-0.15, -0.1) is 0 Å². The van der Waals surface area contributed by atoms with Gasteiger partial charge in [0.1, 0.15) is 23.4 Å². The summed E-state index contributed by atoms with van der Waals surface area (Å²) >= 11 is 0. The lowest BCUT2D eigenvalue weighted by Crippen LogP contribution is -2.54. The first kappa shape index (κ1) is 25.4. The standard InChI is InChI=1S/C33H34O4/c1-31(2,3)30-36-28(32(34,24-16-8-4-9-17-24)25-18-10-5-11-19-25)29(37-30)33(35,26-20-12-6-13-21-26)27-22-14-7-15-23-27/h4-23,28-30,34-35H,1-3H3/t28-,29-/m1/s1. The molecule has 0 aromatic heterocycles. The minimum Gasteiger partial charge on any atom is -0.378 e. The summed E-state index contributed by atoms with van der Waals surface area (Å²) in [7, 11) is 0. The van der Waals surface area contributed by atoms with Gasteiger partial charge < -0.3 is 19.7 Å². The molecule has 4 aromatic carbocycles. The predicted octanol–water partition coefficient (Wildman–Crippen LogP) is 6.01. The van der Waals surface area contributed by atoms with Crippen molar-refractivity contribution in [2.45, 2.75) is 50.5 Å². The van der Waals surface area contributed by atoms with Crippen LogP contribution in [-0.2, 0) is 20.7 Å². The van der Waals surface area contributed by atoms with E-state index in [2.05, 4.69) is 0 Å². The summed E-state index contributed by atoms with van der Waals surface area (Å²) in [5, 5.41) is 25.5. The quantitative estimate of drug-likeness (QED) is 0.344. The summed E-state index contributed by atoms with van der Waals surface area (Å²) in [6.07, 6.45) is -2.54. The van der Waals surface area contributed by atoms with Gasteiger partial charge >= 0.3 is 0 Å². The maximum atomic E-state index is 12.7. The Hall–Kier alpha value is -3.28. The monoisotopic (exact) mass is 494 g/mol. The summed E-state index contributed by atoms with van der Waals surface area (Å²) in [6, 6.07) is 38.0. The summed E-state index contributed by atoms with van der Waals surface area (Å²) in [4.78, 5) is 0. The van der Waals surface area contributed by atoms with Gasteiger partial charge in [0.15, 0.2) is 6.29 Å². The molecule has 1 fully saturated rings. The molecule has 4 heteroatoms. The molecule has 2 N–H and O–H groups in total. The zero-order valence-electron chi connectivity index (χ0n) is 21.5. The van der Waals surface area contributed by atoms with Gasteiger partial charge in [-0.05, 0) is 22.3 Å². The molecule has 0 unspecified atom stereocenters. The van der Waals surface area contributed by atoms with Crippen molar-refractivity contribution in [3.63, 3.8) is 0 Å². The van der Waals surface area contributed by atoms with Crippen molar-refractivity contribution in [1.82, 2.24) is 0 Å². The maximum Gasteiger partial charge on any atom is 0.163 e. The van der Waals surface area contributed by atoms with Crippen molar-refractivity contribution in [2.24, 2.45) is 5.41 Å². The molecule has 4 nitrogen and oxygen atoms in total.